The van der Waals surface area contributed by atoms with Gasteiger partial charge in [-0.15, -0.1) is 0 Å². The van der Waals surface area contributed by atoms with Crippen molar-refractivity contribution in [1.82, 2.24) is 5.32 Å². The number of carboxylic acids is 1. The summed E-state index contributed by atoms with van der Waals surface area (Å²) < 4.78 is 10.2. The third-order valence-corrected chi connectivity index (χ3v) is 2.83. The first-order valence-corrected chi connectivity index (χ1v) is 6.29. The van der Waals surface area contributed by atoms with Gasteiger partial charge < -0.3 is 19.9 Å². The second-order valence-electron chi connectivity index (χ2n) is 4.22. The van der Waals surface area contributed by atoms with E-state index in [1.807, 2.05) is 6.92 Å². The van der Waals surface area contributed by atoms with Gasteiger partial charge in [-0.2, -0.15) is 0 Å². The Morgan fingerprint density at radius 3 is 2.50 bits per heavy atom. The summed E-state index contributed by atoms with van der Waals surface area (Å²) in [4.78, 5) is 23.2. The SMILES string of the molecule is CCC[C@H](NC(=O)c1ccc(OC)cc1OC)C(=O)O. The lowest BCUT2D eigenvalue weighted by Gasteiger charge is -2.15. The van der Waals surface area contributed by atoms with Crippen molar-refractivity contribution in [2.24, 2.45) is 0 Å². The van der Waals surface area contributed by atoms with Crippen LogP contribution in [0.15, 0.2) is 18.2 Å². The molecule has 0 spiro atoms. The summed E-state index contributed by atoms with van der Waals surface area (Å²) in [5, 5.41) is 11.5. The van der Waals surface area contributed by atoms with Crippen LogP contribution in [0.4, 0.5) is 0 Å². The number of hydrogen-bond acceptors (Lipinski definition) is 4. The van der Waals surface area contributed by atoms with Gasteiger partial charge in [-0.25, -0.2) is 4.79 Å². The Labute approximate surface area is 117 Å². The van der Waals surface area contributed by atoms with Crippen molar-refractivity contribution in [1.29, 1.82) is 0 Å². The van der Waals surface area contributed by atoms with Crippen LogP contribution in [0.2, 0.25) is 0 Å². The topological polar surface area (TPSA) is 84.9 Å². The molecule has 0 radical (unpaired) electrons. The summed E-state index contributed by atoms with van der Waals surface area (Å²) >= 11 is 0. The van der Waals surface area contributed by atoms with E-state index in [1.54, 1.807) is 12.1 Å². The summed E-state index contributed by atoms with van der Waals surface area (Å²) in [7, 11) is 2.95. The number of rotatable bonds is 7. The van der Waals surface area contributed by atoms with Crippen molar-refractivity contribution in [2.45, 2.75) is 25.8 Å². The quantitative estimate of drug-likeness (QED) is 0.794. The predicted molar refractivity (Wildman–Crippen MR) is 73.3 cm³/mol. The molecule has 1 aromatic rings. The van der Waals surface area contributed by atoms with Gasteiger partial charge in [0.25, 0.3) is 5.91 Å². The molecule has 1 atom stereocenters. The molecule has 0 fully saturated rings. The van der Waals surface area contributed by atoms with E-state index in [9.17, 15) is 9.59 Å². The maximum absolute atomic E-state index is 12.1. The second kappa shape index (κ2) is 7.37. The van der Waals surface area contributed by atoms with Crippen molar-refractivity contribution in [3.05, 3.63) is 23.8 Å². The van der Waals surface area contributed by atoms with Crippen molar-refractivity contribution < 1.29 is 24.2 Å². The van der Waals surface area contributed by atoms with Crippen LogP contribution in [0.5, 0.6) is 11.5 Å². The van der Waals surface area contributed by atoms with Gasteiger partial charge in [0.2, 0.25) is 0 Å². The highest BCUT2D eigenvalue weighted by Gasteiger charge is 2.21. The highest BCUT2D eigenvalue weighted by atomic mass is 16.5. The number of carboxylic acid groups (broad SMARTS) is 1. The predicted octanol–water partition coefficient (Wildman–Crippen LogP) is 1.69. The molecule has 0 heterocycles. The molecule has 2 N–H and O–H groups in total. The van der Waals surface area contributed by atoms with E-state index in [0.717, 1.165) is 0 Å². The van der Waals surface area contributed by atoms with Gasteiger partial charge in [0, 0.05) is 6.07 Å². The minimum absolute atomic E-state index is 0.274. The molecule has 110 valence electrons. The number of amides is 1. The lowest BCUT2D eigenvalue weighted by atomic mass is 10.1. The van der Waals surface area contributed by atoms with Crippen LogP contribution < -0.4 is 14.8 Å². The smallest absolute Gasteiger partial charge is 0.326 e. The molecular formula is C14H19NO5. The van der Waals surface area contributed by atoms with Gasteiger partial charge in [0.15, 0.2) is 0 Å². The third-order valence-electron chi connectivity index (χ3n) is 2.83. The average Bonchev–Trinajstić information content (AvgIpc) is 2.45. The van der Waals surface area contributed by atoms with Crippen LogP contribution in [0.25, 0.3) is 0 Å². The molecule has 1 aromatic carbocycles. The van der Waals surface area contributed by atoms with Gasteiger partial charge >= 0.3 is 5.97 Å². The van der Waals surface area contributed by atoms with Gasteiger partial charge in [0.1, 0.15) is 17.5 Å². The first-order chi connectivity index (χ1) is 9.53. The van der Waals surface area contributed by atoms with Gasteiger partial charge in [-0.3, -0.25) is 4.79 Å². The molecule has 0 aliphatic heterocycles. The highest BCUT2D eigenvalue weighted by molar-refractivity contribution is 5.99. The molecule has 0 aliphatic carbocycles. The molecular weight excluding hydrogens is 262 g/mol. The van der Waals surface area contributed by atoms with Crippen LogP contribution in [-0.4, -0.2) is 37.2 Å². The van der Waals surface area contributed by atoms with Crippen LogP contribution >= 0.6 is 0 Å². The van der Waals surface area contributed by atoms with Gasteiger partial charge in [-0.1, -0.05) is 13.3 Å². The lowest BCUT2D eigenvalue weighted by molar-refractivity contribution is -0.139. The number of nitrogens with one attached hydrogen (secondary N) is 1. The maximum Gasteiger partial charge on any atom is 0.326 e. The molecule has 0 bridgehead atoms. The van der Waals surface area contributed by atoms with Crippen LogP contribution in [0.1, 0.15) is 30.1 Å². The standard InChI is InChI=1S/C14H19NO5/c1-4-5-11(14(17)18)15-13(16)10-7-6-9(19-2)8-12(10)20-3/h6-8,11H,4-5H2,1-3H3,(H,15,16)(H,17,18)/t11-/m0/s1. The monoisotopic (exact) mass is 281 g/mol. The molecule has 6 heteroatoms. The Morgan fingerprint density at radius 2 is 2.00 bits per heavy atom. The summed E-state index contributed by atoms with van der Waals surface area (Å²) in [5.41, 5.74) is 0.274. The minimum atomic E-state index is -1.05. The Morgan fingerprint density at radius 1 is 1.30 bits per heavy atom. The number of aliphatic carboxylic acids is 1. The molecule has 0 unspecified atom stereocenters. The van der Waals surface area contributed by atoms with E-state index in [4.69, 9.17) is 14.6 Å². The van der Waals surface area contributed by atoms with Crippen molar-refractivity contribution in [3.63, 3.8) is 0 Å². The minimum Gasteiger partial charge on any atom is -0.497 e. The van der Waals surface area contributed by atoms with E-state index in [1.165, 1.54) is 20.3 Å². The summed E-state index contributed by atoms with van der Waals surface area (Å²) in [6.45, 7) is 1.86. The van der Waals surface area contributed by atoms with E-state index >= 15 is 0 Å². The van der Waals surface area contributed by atoms with E-state index < -0.39 is 17.9 Å². The molecule has 1 amide bonds. The number of carbonyl (C=O) groups excluding carboxylic acids is 1. The fourth-order valence-corrected chi connectivity index (χ4v) is 1.77. The molecule has 1 rings (SSSR count). The first-order valence-electron chi connectivity index (χ1n) is 6.29. The molecule has 0 aromatic heterocycles. The Hall–Kier alpha value is -2.24. The summed E-state index contributed by atoms with van der Waals surface area (Å²) in [6.07, 6.45) is 1.04. The second-order valence-corrected chi connectivity index (χ2v) is 4.22. The van der Waals surface area contributed by atoms with Crippen LogP contribution in [0, 0.1) is 0 Å². The van der Waals surface area contributed by atoms with E-state index in [2.05, 4.69) is 5.32 Å². The average molecular weight is 281 g/mol. The maximum atomic E-state index is 12.1. The molecule has 6 nitrogen and oxygen atoms in total. The number of benzene rings is 1. The normalized spacial score (nSPS) is 11.6. The van der Waals surface area contributed by atoms with Gasteiger partial charge in [0.05, 0.1) is 19.8 Å². The molecule has 0 saturated heterocycles. The Kier molecular flexibility index (Phi) is 5.83. The Bertz CT molecular complexity index is 486. The van der Waals surface area contributed by atoms with E-state index in [-0.39, 0.29) is 5.56 Å². The lowest BCUT2D eigenvalue weighted by Crippen LogP contribution is -2.40. The first kappa shape index (κ1) is 15.8. The number of carbonyl (C=O) groups is 2. The molecule has 0 saturated carbocycles. The number of ether oxygens (including phenoxy) is 2. The third kappa shape index (κ3) is 3.88. The number of methoxy groups -OCH3 is 2. The van der Waals surface area contributed by atoms with Gasteiger partial charge in [-0.05, 0) is 18.6 Å². The Balaban J connectivity index is 2.93. The molecule has 0 aliphatic rings. The fraction of sp³-hybridized carbons (Fsp3) is 0.429. The zero-order chi connectivity index (χ0) is 15.1. The van der Waals surface area contributed by atoms with Crippen LogP contribution in [0.3, 0.4) is 0 Å². The fourth-order valence-electron chi connectivity index (χ4n) is 1.77. The zero-order valence-electron chi connectivity index (χ0n) is 11.8. The zero-order valence-corrected chi connectivity index (χ0v) is 11.8. The highest BCUT2D eigenvalue weighted by Crippen LogP contribution is 2.24. The summed E-state index contributed by atoms with van der Waals surface area (Å²) in [5.74, 6) is -0.637. The summed E-state index contributed by atoms with van der Waals surface area (Å²) in [6, 6.07) is 3.83. The largest absolute Gasteiger partial charge is 0.497 e. The van der Waals surface area contributed by atoms with E-state index in [0.29, 0.717) is 24.3 Å². The van der Waals surface area contributed by atoms with Crippen molar-refractivity contribution in [3.8, 4) is 11.5 Å². The molecule has 20 heavy (non-hydrogen) atoms. The van der Waals surface area contributed by atoms with Crippen molar-refractivity contribution in [2.75, 3.05) is 14.2 Å². The van der Waals surface area contributed by atoms with Crippen molar-refractivity contribution >= 4 is 11.9 Å². The van der Waals surface area contributed by atoms with Crippen LogP contribution in [-0.2, 0) is 4.79 Å². The number of hydrogen-bond donors (Lipinski definition) is 2.